The van der Waals surface area contributed by atoms with Crippen LogP contribution in [0.3, 0.4) is 0 Å². The molecule has 1 saturated heterocycles. The smallest absolute Gasteiger partial charge is 0.253 e. The molecule has 13 heavy (non-hydrogen) atoms. The Kier molecular flexibility index (Phi) is 3.21. The van der Waals surface area contributed by atoms with E-state index in [0.717, 1.165) is 0 Å². The van der Waals surface area contributed by atoms with Gasteiger partial charge in [0.1, 0.15) is 0 Å². The lowest BCUT2D eigenvalue weighted by molar-refractivity contribution is -0.0594. The van der Waals surface area contributed by atoms with Gasteiger partial charge in [-0.3, -0.25) is 0 Å². The molecule has 0 aromatic heterocycles. The largest absolute Gasteiger partial charge is 0.306 e. The van der Waals surface area contributed by atoms with Crippen molar-refractivity contribution in [2.45, 2.75) is 25.2 Å². The van der Waals surface area contributed by atoms with E-state index in [1.165, 1.54) is 0 Å². The number of alkyl halides is 2. The molecule has 74 valence electrons. The predicted molar refractivity (Wildman–Crippen MR) is 45.4 cm³/mol. The Bertz CT molecular complexity index is 210. The van der Waals surface area contributed by atoms with Crippen LogP contribution in [0, 0.1) is 17.2 Å². The maximum Gasteiger partial charge on any atom is 0.253 e. The minimum Gasteiger partial charge on any atom is -0.306 e. The summed E-state index contributed by atoms with van der Waals surface area (Å²) in [4.78, 5) is 1.89. The van der Waals surface area contributed by atoms with Crippen LogP contribution in [0.15, 0.2) is 0 Å². The Morgan fingerprint density at radius 2 is 2.23 bits per heavy atom. The first-order chi connectivity index (χ1) is 6.06. The number of hydrogen-bond donors (Lipinski definition) is 0. The molecule has 4 heteroatoms. The Morgan fingerprint density at radius 1 is 1.54 bits per heavy atom. The van der Waals surface area contributed by atoms with Crippen LogP contribution in [-0.4, -0.2) is 31.0 Å². The van der Waals surface area contributed by atoms with E-state index in [-0.39, 0.29) is 12.8 Å². The molecule has 1 unspecified atom stereocenters. The summed E-state index contributed by atoms with van der Waals surface area (Å²) >= 11 is 0. The maximum atomic E-state index is 13.3. The lowest BCUT2D eigenvalue weighted by Gasteiger charge is -2.21. The molecule has 1 fully saturated rings. The number of rotatable bonds is 1. The third kappa shape index (κ3) is 2.63. The van der Waals surface area contributed by atoms with E-state index in [9.17, 15) is 8.78 Å². The minimum absolute atomic E-state index is 0.0269. The molecule has 0 aromatic carbocycles. The minimum atomic E-state index is -2.65. The highest BCUT2D eigenvalue weighted by Crippen LogP contribution is 2.35. The molecule has 1 heterocycles. The van der Waals surface area contributed by atoms with Crippen molar-refractivity contribution in [2.24, 2.45) is 5.92 Å². The van der Waals surface area contributed by atoms with Crippen molar-refractivity contribution in [3.05, 3.63) is 0 Å². The first-order valence-corrected chi connectivity index (χ1v) is 4.49. The van der Waals surface area contributed by atoms with Gasteiger partial charge in [0.15, 0.2) is 0 Å². The van der Waals surface area contributed by atoms with Gasteiger partial charge in [-0.2, -0.15) is 5.26 Å². The number of nitriles is 1. The summed E-state index contributed by atoms with van der Waals surface area (Å²) in [6.45, 7) is 1.09. The van der Waals surface area contributed by atoms with E-state index in [0.29, 0.717) is 19.5 Å². The number of nitrogens with zero attached hydrogens (tertiary/aromatic N) is 2. The van der Waals surface area contributed by atoms with Crippen molar-refractivity contribution in [1.82, 2.24) is 4.90 Å². The Morgan fingerprint density at radius 3 is 2.85 bits per heavy atom. The zero-order valence-electron chi connectivity index (χ0n) is 7.76. The highest BCUT2D eigenvalue weighted by molar-refractivity contribution is 4.88. The molecular weight excluding hydrogens is 174 g/mol. The molecule has 1 aliphatic heterocycles. The van der Waals surface area contributed by atoms with E-state index < -0.39 is 11.8 Å². The average Bonchev–Trinajstić information content (AvgIpc) is 2.18. The molecule has 0 spiro atoms. The summed E-state index contributed by atoms with van der Waals surface area (Å²) in [6, 6.07) is 1.84. The van der Waals surface area contributed by atoms with E-state index in [4.69, 9.17) is 5.26 Å². The molecule has 0 bridgehead atoms. The van der Waals surface area contributed by atoms with Gasteiger partial charge in [0, 0.05) is 25.3 Å². The van der Waals surface area contributed by atoms with Crippen molar-refractivity contribution in [2.75, 3.05) is 20.1 Å². The Balaban J connectivity index is 2.64. The van der Waals surface area contributed by atoms with Crippen molar-refractivity contribution < 1.29 is 8.78 Å². The van der Waals surface area contributed by atoms with Crippen LogP contribution in [0.2, 0.25) is 0 Å². The van der Waals surface area contributed by atoms with E-state index in [2.05, 4.69) is 0 Å². The van der Waals surface area contributed by atoms with Gasteiger partial charge in [-0.1, -0.05) is 0 Å². The number of hydrogen-bond acceptors (Lipinski definition) is 2. The van der Waals surface area contributed by atoms with Crippen molar-refractivity contribution in [3.8, 4) is 6.07 Å². The molecule has 0 aliphatic carbocycles. The second kappa shape index (κ2) is 4.01. The zero-order valence-corrected chi connectivity index (χ0v) is 7.76. The highest BCUT2D eigenvalue weighted by atomic mass is 19.3. The molecule has 1 aliphatic rings. The maximum absolute atomic E-state index is 13.3. The molecule has 0 saturated carbocycles. The normalized spacial score (nSPS) is 29.2. The summed E-state index contributed by atoms with van der Waals surface area (Å²) in [5.41, 5.74) is 0. The fourth-order valence-corrected chi connectivity index (χ4v) is 1.60. The SMILES string of the molecule is CN1CCC(CC#N)C(F)(F)CC1. The van der Waals surface area contributed by atoms with Crippen molar-refractivity contribution >= 4 is 0 Å². The van der Waals surface area contributed by atoms with Crippen molar-refractivity contribution in [3.63, 3.8) is 0 Å². The zero-order chi connectivity index (χ0) is 9.90. The van der Waals surface area contributed by atoms with Gasteiger partial charge in [-0.05, 0) is 20.0 Å². The first-order valence-electron chi connectivity index (χ1n) is 4.49. The van der Waals surface area contributed by atoms with Gasteiger partial charge in [0.2, 0.25) is 0 Å². The third-order valence-corrected chi connectivity index (χ3v) is 2.62. The second-order valence-electron chi connectivity index (χ2n) is 3.66. The summed E-state index contributed by atoms with van der Waals surface area (Å²) in [7, 11) is 1.84. The Hall–Kier alpha value is -0.690. The predicted octanol–water partition coefficient (Wildman–Crippen LogP) is 1.88. The molecule has 0 radical (unpaired) electrons. The fraction of sp³-hybridized carbons (Fsp3) is 0.889. The lowest BCUT2D eigenvalue weighted by Crippen LogP contribution is -2.27. The summed E-state index contributed by atoms with van der Waals surface area (Å²) in [5.74, 6) is -3.40. The fourth-order valence-electron chi connectivity index (χ4n) is 1.60. The van der Waals surface area contributed by atoms with Crippen LogP contribution >= 0.6 is 0 Å². The monoisotopic (exact) mass is 188 g/mol. The van der Waals surface area contributed by atoms with Gasteiger partial charge in [0.05, 0.1) is 6.07 Å². The van der Waals surface area contributed by atoms with Crippen LogP contribution in [0.25, 0.3) is 0 Å². The summed E-state index contributed by atoms with van der Waals surface area (Å²) in [5, 5.41) is 8.41. The van der Waals surface area contributed by atoms with Crippen LogP contribution in [0.5, 0.6) is 0 Å². The molecule has 1 rings (SSSR count). The average molecular weight is 188 g/mol. The molecular formula is C9H14F2N2. The number of halogens is 2. The van der Waals surface area contributed by atoms with Gasteiger partial charge < -0.3 is 4.90 Å². The van der Waals surface area contributed by atoms with Crippen molar-refractivity contribution in [1.29, 1.82) is 5.26 Å². The van der Waals surface area contributed by atoms with Gasteiger partial charge in [-0.15, -0.1) is 0 Å². The standard InChI is InChI=1S/C9H14F2N2/c1-13-6-3-8(2-5-12)9(10,11)4-7-13/h8H,2-4,6-7H2,1H3. The van der Waals surface area contributed by atoms with Crippen LogP contribution < -0.4 is 0 Å². The molecule has 2 nitrogen and oxygen atoms in total. The summed E-state index contributed by atoms with van der Waals surface area (Å²) in [6.07, 6.45) is 0.285. The highest BCUT2D eigenvalue weighted by Gasteiger charge is 2.40. The molecule has 0 amide bonds. The lowest BCUT2D eigenvalue weighted by atomic mass is 9.94. The van der Waals surface area contributed by atoms with E-state index in [1.54, 1.807) is 0 Å². The van der Waals surface area contributed by atoms with Gasteiger partial charge >= 0.3 is 0 Å². The quantitative estimate of drug-likeness (QED) is 0.628. The molecule has 0 aromatic rings. The van der Waals surface area contributed by atoms with Gasteiger partial charge in [0.25, 0.3) is 5.92 Å². The second-order valence-corrected chi connectivity index (χ2v) is 3.66. The first kappa shape index (κ1) is 10.4. The van der Waals surface area contributed by atoms with Gasteiger partial charge in [-0.25, -0.2) is 8.78 Å². The molecule has 0 N–H and O–H groups in total. The topological polar surface area (TPSA) is 27.0 Å². The molecule has 1 atom stereocenters. The van der Waals surface area contributed by atoms with E-state index in [1.807, 2.05) is 18.0 Å². The van der Waals surface area contributed by atoms with Crippen LogP contribution in [0.1, 0.15) is 19.3 Å². The van der Waals surface area contributed by atoms with Crippen LogP contribution in [-0.2, 0) is 0 Å². The van der Waals surface area contributed by atoms with Crippen LogP contribution in [0.4, 0.5) is 8.78 Å². The van der Waals surface area contributed by atoms with E-state index >= 15 is 0 Å². The number of likely N-dealkylation sites (tertiary alicyclic amines) is 1. The summed E-state index contributed by atoms with van der Waals surface area (Å²) < 4.78 is 26.6. The Labute approximate surface area is 77.1 Å². The third-order valence-electron chi connectivity index (χ3n) is 2.62.